The summed E-state index contributed by atoms with van der Waals surface area (Å²) >= 11 is 0. The lowest BCUT2D eigenvalue weighted by Gasteiger charge is -2.39. The normalized spacial score (nSPS) is 17.1. The maximum absolute atomic E-state index is 13.2. The summed E-state index contributed by atoms with van der Waals surface area (Å²) in [6.07, 6.45) is 6.95. The summed E-state index contributed by atoms with van der Waals surface area (Å²) in [5, 5.41) is 10.5. The molecule has 3 heterocycles. The first-order chi connectivity index (χ1) is 18.3. The van der Waals surface area contributed by atoms with E-state index in [1.165, 1.54) is 17.0 Å². The van der Waals surface area contributed by atoms with Gasteiger partial charge >= 0.3 is 5.97 Å². The minimum absolute atomic E-state index is 0.0405. The van der Waals surface area contributed by atoms with Gasteiger partial charge in [0.05, 0.1) is 36.9 Å². The third kappa shape index (κ3) is 5.72. The van der Waals surface area contributed by atoms with Crippen LogP contribution in [0.2, 0.25) is 0 Å². The van der Waals surface area contributed by atoms with Crippen molar-refractivity contribution in [3.8, 4) is 17.0 Å². The van der Waals surface area contributed by atoms with Gasteiger partial charge in [-0.15, -0.1) is 0 Å². The minimum atomic E-state index is -3.74. The summed E-state index contributed by atoms with van der Waals surface area (Å²) < 4.78 is 39.7. The summed E-state index contributed by atoms with van der Waals surface area (Å²) in [7, 11) is -2.18. The highest BCUT2D eigenvalue weighted by Gasteiger charge is 2.40. The predicted molar refractivity (Wildman–Crippen MR) is 153 cm³/mol. The van der Waals surface area contributed by atoms with Crippen LogP contribution in [0.15, 0.2) is 12.3 Å². The molecule has 214 valence electrons. The highest BCUT2D eigenvalue weighted by molar-refractivity contribution is 7.92. The Hall–Kier alpha value is -2.85. The van der Waals surface area contributed by atoms with Crippen molar-refractivity contribution in [2.75, 3.05) is 35.7 Å². The molecule has 39 heavy (non-hydrogen) atoms. The summed E-state index contributed by atoms with van der Waals surface area (Å²) in [6, 6.07) is 1.73. The molecule has 1 N–H and O–H groups in total. The third-order valence-electron chi connectivity index (χ3n) is 7.53. The molecule has 2 aromatic rings. The lowest BCUT2D eigenvalue weighted by molar-refractivity contribution is -0.160. The number of ether oxygens (including phenoxy) is 2. The number of benzene rings is 1. The summed E-state index contributed by atoms with van der Waals surface area (Å²) in [5.41, 5.74) is 4.43. The Bertz CT molecular complexity index is 1360. The Morgan fingerprint density at radius 2 is 1.67 bits per heavy atom. The molecule has 1 saturated heterocycles. The van der Waals surface area contributed by atoms with Crippen LogP contribution in [0.3, 0.4) is 0 Å². The molecule has 2 aliphatic rings. The van der Waals surface area contributed by atoms with Crippen LogP contribution in [-0.4, -0.2) is 56.5 Å². The second-order valence-electron chi connectivity index (χ2n) is 11.5. The molecule has 0 radical (unpaired) electrons. The van der Waals surface area contributed by atoms with Gasteiger partial charge in [0.2, 0.25) is 10.0 Å². The molecule has 9 nitrogen and oxygen atoms in total. The number of fused-ring (bicyclic) bond motifs is 3. The number of hydrogen-bond donors (Lipinski definition) is 1. The average Bonchev–Trinajstić information content (AvgIpc) is 2.82. The number of carboxylic acids is 1. The van der Waals surface area contributed by atoms with E-state index in [9.17, 15) is 18.3 Å². The van der Waals surface area contributed by atoms with Crippen molar-refractivity contribution >= 4 is 27.4 Å². The second-order valence-corrected chi connectivity index (χ2v) is 13.5. The number of rotatable bonds is 6. The van der Waals surface area contributed by atoms with Crippen molar-refractivity contribution in [3.05, 3.63) is 34.5 Å². The van der Waals surface area contributed by atoms with E-state index < -0.39 is 27.7 Å². The number of sulfonamides is 1. The zero-order valence-corrected chi connectivity index (χ0v) is 24.9. The number of pyridine rings is 1. The average molecular weight is 560 g/mol. The second kappa shape index (κ2) is 11.0. The van der Waals surface area contributed by atoms with Crippen LogP contribution in [0.1, 0.15) is 81.2 Å². The summed E-state index contributed by atoms with van der Waals surface area (Å²) in [4.78, 5) is 19.8. The number of carboxylic acid groups (broad SMARTS) is 1. The summed E-state index contributed by atoms with van der Waals surface area (Å²) in [6.45, 7) is 10.8. The molecular weight excluding hydrogens is 518 g/mol. The Morgan fingerprint density at radius 3 is 2.21 bits per heavy atom. The number of aliphatic carboxylic acids is 1. The van der Waals surface area contributed by atoms with Gasteiger partial charge in [-0.2, -0.15) is 0 Å². The van der Waals surface area contributed by atoms with Crippen LogP contribution in [0.4, 0.5) is 11.4 Å². The zero-order valence-electron chi connectivity index (χ0n) is 24.1. The molecule has 1 fully saturated rings. The fourth-order valence-corrected chi connectivity index (χ4v) is 6.84. The lowest BCUT2D eigenvalue weighted by atomic mass is 9.85. The van der Waals surface area contributed by atoms with Crippen molar-refractivity contribution in [1.29, 1.82) is 0 Å². The molecule has 0 bridgehead atoms. The van der Waals surface area contributed by atoms with E-state index in [4.69, 9.17) is 14.5 Å². The van der Waals surface area contributed by atoms with Crippen LogP contribution in [-0.2, 0) is 26.1 Å². The van der Waals surface area contributed by atoms with Gasteiger partial charge in [0.25, 0.3) is 0 Å². The molecule has 0 aliphatic carbocycles. The maximum Gasteiger partial charge on any atom is 0.337 e. The van der Waals surface area contributed by atoms with Crippen LogP contribution in [0.25, 0.3) is 11.3 Å². The van der Waals surface area contributed by atoms with Gasteiger partial charge in [-0.25, -0.2) is 13.2 Å². The molecule has 0 amide bonds. The molecule has 1 aromatic carbocycles. The van der Waals surface area contributed by atoms with Crippen molar-refractivity contribution in [2.45, 2.75) is 85.0 Å². The predicted octanol–water partition coefficient (Wildman–Crippen LogP) is 5.36. The highest BCUT2D eigenvalue weighted by Crippen LogP contribution is 2.52. The first kappa shape index (κ1) is 29.1. The van der Waals surface area contributed by atoms with Gasteiger partial charge in [-0.3, -0.25) is 9.29 Å². The van der Waals surface area contributed by atoms with E-state index in [2.05, 4.69) is 4.90 Å². The Kier molecular flexibility index (Phi) is 8.19. The van der Waals surface area contributed by atoms with E-state index in [-0.39, 0.29) is 6.54 Å². The van der Waals surface area contributed by atoms with Gasteiger partial charge in [-0.05, 0) is 64.7 Å². The minimum Gasteiger partial charge on any atom is -0.496 e. The molecule has 2 aliphatic heterocycles. The molecular formula is C29H41N3O6S. The SMILES string of the molecule is COc1ccnc2c1CN(S(C)(=O)=O)c1c(C)c(C(OC(C)(C)C)C(=O)O)c(N3CCCCCCC3)c(C)c1-2. The molecule has 0 spiro atoms. The number of carbonyl (C=O) groups is 1. The van der Waals surface area contributed by atoms with Crippen molar-refractivity contribution < 1.29 is 27.8 Å². The van der Waals surface area contributed by atoms with E-state index in [1.807, 2.05) is 34.6 Å². The van der Waals surface area contributed by atoms with E-state index in [1.54, 1.807) is 19.4 Å². The Labute approximate surface area is 232 Å². The monoisotopic (exact) mass is 559 g/mol. The van der Waals surface area contributed by atoms with Gasteiger partial charge < -0.3 is 19.5 Å². The summed E-state index contributed by atoms with van der Waals surface area (Å²) in [5.74, 6) is -0.546. The van der Waals surface area contributed by atoms with E-state index in [0.29, 0.717) is 39.4 Å². The van der Waals surface area contributed by atoms with Crippen molar-refractivity contribution in [2.24, 2.45) is 0 Å². The van der Waals surface area contributed by atoms with Crippen molar-refractivity contribution in [3.63, 3.8) is 0 Å². The van der Waals surface area contributed by atoms with Gasteiger partial charge in [0.15, 0.2) is 6.10 Å². The number of anilines is 2. The van der Waals surface area contributed by atoms with Crippen LogP contribution >= 0.6 is 0 Å². The van der Waals surface area contributed by atoms with E-state index >= 15 is 0 Å². The number of aromatic nitrogens is 1. The lowest BCUT2D eigenvalue weighted by Crippen LogP contribution is -2.37. The molecule has 1 atom stereocenters. The third-order valence-corrected chi connectivity index (χ3v) is 8.64. The fraction of sp³-hybridized carbons (Fsp3) is 0.586. The first-order valence-electron chi connectivity index (χ1n) is 13.6. The van der Waals surface area contributed by atoms with Crippen LogP contribution in [0, 0.1) is 13.8 Å². The molecule has 1 aromatic heterocycles. The van der Waals surface area contributed by atoms with Crippen LogP contribution < -0.4 is 13.9 Å². The molecule has 4 rings (SSSR count). The largest absolute Gasteiger partial charge is 0.496 e. The van der Waals surface area contributed by atoms with E-state index in [0.717, 1.165) is 50.0 Å². The Morgan fingerprint density at radius 1 is 1.05 bits per heavy atom. The number of nitrogens with zero attached hydrogens (tertiary/aromatic N) is 3. The first-order valence-corrected chi connectivity index (χ1v) is 15.4. The number of hydrogen-bond acceptors (Lipinski definition) is 7. The Balaban J connectivity index is 2.14. The maximum atomic E-state index is 13.2. The molecule has 1 unspecified atom stereocenters. The topological polar surface area (TPSA) is 109 Å². The van der Waals surface area contributed by atoms with Gasteiger partial charge in [-0.1, -0.05) is 19.3 Å². The van der Waals surface area contributed by atoms with Gasteiger partial charge in [0, 0.05) is 41.7 Å². The standard InChI is InChI=1S/C29H41N3O6S/c1-18-22-24-20(21(37-6)13-14-30-24)17-32(39(7,35)36)26(22)19(2)23(27(28(33)34)38-29(3,4)5)25(18)31-15-11-9-8-10-12-16-31/h13-14,27H,8-12,15-17H2,1-7H3,(H,33,34). The van der Waals surface area contributed by atoms with Crippen molar-refractivity contribution in [1.82, 2.24) is 4.98 Å². The molecule has 0 saturated carbocycles. The molecule has 10 heteroatoms. The quantitative estimate of drug-likeness (QED) is 0.504. The zero-order chi connectivity index (χ0) is 28.7. The van der Waals surface area contributed by atoms with Gasteiger partial charge in [0.1, 0.15) is 5.75 Å². The van der Waals surface area contributed by atoms with Crippen LogP contribution in [0.5, 0.6) is 5.75 Å². The smallest absolute Gasteiger partial charge is 0.337 e. The number of methoxy groups -OCH3 is 1. The fourth-order valence-electron chi connectivity index (χ4n) is 5.92. The highest BCUT2D eigenvalue weighted by atomic mass is 32.2.